The summed E-state index contributed by atoms with van der Waals surface area (Å²) in [5, 5.41) is 28.1. The van der Waals surface area contributed by atoms with E-state index in [9.17, 15) is 81.0 Å². The van der Waals surface area contributed by atoms with E-state index in [-0.39, 0.29) is 31.3 Å². The topological polar surface area (TPSA) is 279 Å². The zero-order chi connectivity index (χ0) is 58.9. The number of amides is 3. The van der Waals surface area contributed by atoms with Crippen molar-refractivity contribution >= 4 is 78.0 Å². The average molecular weight is 1190 g/mol. The number of aromatic nitrogens is 5. The van der Waals surface area contributed by atoms with Crippen LogP contribution in [-0.2, 0) is 75.4 Å². The summed E-state index contributed by atoms with van der Waals surface area (Å²) < 4.78 is 203. The second-order valence-corrected chi connectivity index (χ2v) is 23.5. The number of halogens is 11. The number of sulfone groups is 1. The Kier molecular flexibility index (Phi) is 15.7. The van der Waals surface area contributed by atoms with Gasteiger partial charge in [0.25, 0.3) is 5.92 Å². The molecule has 2 aliphatic rings. The van der Waals surface area contributed by atoms with Crippen LogP contribution >= 0.6 is 11.6 Å². The predicted molar refractivity (Wildman–Crippen MR) is 253 cm³/mol. The number of sulfonamides is 1. The first-order chi connectivity index (χ1) is 36.3. The van der Waals surface area contributed by atoms with Crippen LogP contribution in [0.4, 0.5) is 54.5 Å². The van der Waals surface area contributed by atoms with Crippen molar-refractivity contribution in [1.29, 1.82) is 0 Å². The van der Waals surface area contributed by atoms with E-state index in [1.165, 1.54) is 13.8 Å². The summed E-state index contributed by atoms with van der Waals surface area (Å²) in [6, 6.07) is 2.21. The number of hydrogen-bond donors (Lipinski definition) is 4. The Bertz CT molecular complexity index is 3650. The molecule has 33 heteroatoms. The van der Waals surface area contributed by atoms with Crippen molar-refractivity contribution < 1.29 is 99.7 Å². The quantitative estimate of drug-likeness (QED) is 0.0484. The Morgan fingerprint density at radius 3 is 2.13 bits per heavy atom. The molecule has 4 N–H and O–H groups in total. The van der Waals surface area contributed by atoms with Crippen LogP contribution in [0.2, 0.25) is 5.02 Å². The van der Waals surface area contributed by atoms with E-state index in [0.29, 0.717) is 12.3 Å². The number of rotatable bonds is 16. The number of carbonyl (C=O) groups excluding carboxylic acids is 3. The molecular weight excluding hydrogens is 1150 g/mol. The number of ether oxygens (including phenoxy) is 1. The molecule has 0 radical (unpaired) electrons. The minimum Gasteiger partial charge on any atom is -0.481 e. The van der Waals surface area contributed by atoms with Crippen molar-refractivity contribution in [2.45, 2.75) is 87.2 Å². The number of nitrogens with one attached hydrogen (secondary N) is 2. The van der Waals surface area contributed by atoms with Crippen LogP contribution in [0, 0.1) is 29.4 Å². The van der Waals surface area contributed by atoms with E-state index >= 15 is 8.78 Å². The highest BCUT2D eigenvalue weighted by molar-refractivity contribution is 7.93. The number of carbonyl (C=O) groups is 5. The molecule has 3 amide bonds. The molecule has 424 valence electrons. The summed E-state index contributed by atoms with van der Waals surface area (Å²) in [6.45, 7) is -2.41. The minimum atomic E-state index is -5.28. The van der Waals surface area contributed by atoms with E-state index in [1.807, 2.05) is 0 Å². The van der Waals surface area contributed by atoms with Crippen LogP contribution in [0.25, 0.3) is 22.0 Å². The van der Waals surface area contributed by atoms with Crippen molar-refractivity contribution in [3.63, 3.8) is 0 Å². The second kappa shape index (κ2) is 20.9. The predicted octanol–water partition coefficient (Wildman–Crippen LogP) is 6.24. The Hall–Kier alpha value is -7.53. The summed E-state index contributed by atoms with van der Waals surface area (Å²) in [6.07, 6.45) is -13.7. The molecule has 0 spiro atoms. The maximum atomic E-state index is 15.6. The van der Waals surface area contributed by atoms with E-state index < -0.39 is 196 Å². The Balaban J connectivity index is 1.45. The molecule has 1 fully saturated rings. The number of benzene rings is 2. The molecule has 0 bridgehead atoms. The molecule has 3 aromatic heterocycles. The van der Waals surface area contributed by atoms with Crippen molar-refractivity contribution in [3.05, 3.63) is 93.0 Å². The third-order valence-electron chi connectivity index (χ3n) is 12.4. The van der Waals surface area contributed by atoms with Gasteiger partial charge in [0.15, 0.2) is 21.3 Å². The number of nitrogens with zero attached hydrogens (tertiary/aromatic N) is 6. The highest BCUT2D eigenvalue weighted by atomic mass is 35.5. The molecular formula is C46H39ClF10N8O12S2. The second-order valence-electron chi connectivity index (χ2n) is 18.7. The molecule has 79 heavy (non-hydrogen) atoms. The fraction of sp³-hybridized carbons (Fsp3) is 0.391. The van der Waals surface area contributed by atoms with E-state index in [1.54, 1.807) is 5.32 Å². The van der Waals surface area contributed by atoms with Gasteiger partial charge in [0.05, 0.1) is 46.4 Å². The fourth-order valence-electron chi connectivity index (χ4n) is 8.62. The summed E-state index contributed by atoms with van der Waals surface area (Å²) in [5.74, 6) is -12.4. The Labute approximate surface area is 444 Å². The molecule has 0 unspecified atom stereocenters. The van der Waals surface area contributed by atoms with Crippen molar-refractivity contribution in [2.24, 2.45) is 5.92 Å². The van der Waals surface area contributed by atoms with Crippen molar-refractivity contribution in [1.82, 2.24) is 35.2 Å². The molecule has 7 rings (SSSR count). The summed E-state index contributed by atoms with van der Waals surface area (Å²) in [4.78, 5) is 67.0. The lowest BCUT2D eigenvalue weighted by Gasteiger charge is -2.23. The van der Waals surface area contributed by atoms with E-state index in [0.717, 1.165) is 42.7 Å². The number of anilines is 1. The first kappa shape index (κ1) is 59.1. The molecule has 5 aromatic rings. The highest BCUT2D eigenvalue weighted by Crippen LogP contribution is 2.68. The van der Waals surface area contributed by atoms with Crippen molar-refractivity contribution in [2.75, 3.05) is 23.4 Å². The first-order valence-electron chi connectivity index (χ1n) is 22.5. The van der Waals surface area contributed by atoms with Crippen LogP contribution in [-0.4, -0.2) is 118 Å². The van der Waals surface area contributed by atoms with Gasteiger partial charge in [-0.3, -0.25) is 23.7 Å². The summed E-state index contributed by atoms with van der Waals surface area (Å²) in [5.41, 5.74) is -6.77. The number of carboxylic acid groups (broad SMARTS) is 2. The van der Waals surface area contributed by atoms with Crippen LogP contribution in [0.15, 0.2) is 42.5 Å². The maximum absolute atomic E-state index is 15.6. The van der Waals surface area contributed by atoms with Crippen LogP contribution in [0.3, 0.4) is 0 Å². The number of hydrogen-bond acceptors (Lipinski definition) is 13. The number of pyridine rings is 1. The Morgan fingerprint density at radius 1 is 0.924 bits per heavy atom. The van der Waals surface area contributed by atoms with Crippen LogP contribution < -0.4 is 14.9 Å². The molecule has 0 aliphatic heterocycles. The normalized spacial score (nSPS) is 16.7. The first-order valence-corrected chi connectivity index (χ1v) is 26.6. The molecule has 0 saturated heterocycles. The third kappa shape index (κ3) is 12.7. The molecule has 20 nitrogen and oxygen atoms in total. The molecule has 2 aromatic carbocycles. The van der Waals surface area contributed by atoms with E-state index in [4.69, 9.17) is 21.4 Å². The lowest BCUT2D eigenvalue weighted by Crippen LogP contribution is -2.45. The Morgan fingerprint density at radius 2 is 1.56 bits per heavy atom. The van der Waals surface area contributed by atoms with E-state index in [2.05, 4.69) is 32.3 Å². The smallest absolute Gasteiger partial charge is 0.435 e. The molecule has 1 saturated carbocycles. The molecule has 4 atom stereocenters. The lowest BCUT2D eigenvalue weighted by molar-refractivity contribution is -0.151. The van der Waals surface area contributed by atoms with Crippen LogP contribution in [0.1, 0.15) is 72.6 Å². The number of alkyl halides is 8. The van der Waals surface area contributed by atoms with Gasteiger partial charge in [-0.2, -0.15) is 49.6 Å². The van der Waals surface area contributed by atoms with Crippen LogP contribution in [0.5, 0.6) is 0 Å². The highest BCUT2D eigenvalue weighted by Gasteiger charge is 2.68. The van der Waals surface area contributed by atoms with Gasteiger partial charge in [-0.1, -0.05) is 23.6 Å². The standard InChI is InChI=1S/C46H39ClF10N8O12S2/c1-43(2,78(3,73)74)10-9-23-5-6-25(35(58-23)30(13-20-11-21(48)14-22(49)12-20)60-31(66)17-63-38-33(37(61-63)46(55,56)57)27-16-28(27)45(38,53)54)26-7-8-29(47)34-36(26)64(19-44(50,51)52)62-39(34)65(79(4,75)76)42(72)77-18-24(15-32(67)68)59-40(69)41(70)71/h5-8,11-12,14,24,27-28,30H,13,15-19H2,1-4H3,(H,59,69)(H,60,66)(H,67,68)(H,70,71)/t24-,27-,28+,30-/m0/s1. The van der Waals surface area contributed by atoms with Gasteiger partial charge in [-0.05, 0) is 74.4 Å². The van der Waals surface area contributed by atoms with Gasteiger partial charge < -0.3 is 25.6 Å². The molecule has 2 aliphatic carbocycles. The zero-order valence-corrected chi connectivity index (χ0v) is 43.1. The van der Waals surface area contributed by atoms with Gasteiger partial charge in [0.1, 0.15) is 47.5 Å². The summed E-state index contributed by atoms with van der Waals surface area (Å²) in [7, 11) is -9.12. The van der Waals surface area contributed by atoms with Gasteiger partial charge in [0, 0.05) is 34.9 Å². The average Bonchev–Trinajstić information content (AvgIpc) is 3.64. The molecule has 3 heterocycles. The van der Waals surface area contributed by atoms with Gasteiger partial charge >= 0.3 is 36.3 Å². The number of carboxylic acids is 2. The van der Waals surface area contributed by atoms with Crippen molar-refractivity contribution in [3.8, 4) is 23.0 Å². The van der Waals surface area contributed by atoms with Gasteiger partial charge in [-0.15, -0.1) is 0 Å². The largest absolute Gasteiger partial charge is 0.481 e. The number of fused-ring (bicyclic) bond motifs is 4. The minimum absolute atomic E-state index is 0.0978. The summed E-state index contributed by atoms with van der Waals surface area (Å²) >= 11 is 6.59. The maximum Gasteiger partial charge on any atom is 0.435 e. The van der Waals surface area contributed by atoms with Gasteiger partial charge in [-0.25, -0.2) is 40.2 Å². The van der Waals surface area contributed by atoms with Gasteiger partial charge in [0.2, 0.25) is 15.9 Å². The zero-order valence-electron chi connectivity index (χ0n) is 40.7. The number of aliphatic carboxylic acids is 2. The third-order valence-corrected chi connectivity index (χ3v) is 15.6. The SMILES string of the molecule is CC(C)(C#Cc1ccc(-c2ccc(Cl)c3c(N(C(=O)OC[C@H](CC(=O)O)NC(=O)C(=O)O)S(C)(=O)=O)nn(CC(F)(F)F)c23)c([C@H](Cc2cc(F)cc(F)c2)NC(=O)Cn2nc(C(F)(F)F)c3c2C(F)(F)[C@@H]2C[C@H]32)n1)S(C)(=O)=O. The lowest BCUT2D eigenvalue weighted by atomic mass is 9.93. The fourth-order valence-corrected chi connectivity index (χ4v) is 9.86. The monoisotopic (exact) mass is 1180 g/mol.